The molecule has 0 aliphatic heterocycles. The van der Waals surface area contributed by atoms with E-state index in [0.29, 0.717) is 6.20 Å². The van der Waals surface area contributed by atoms with Crippen LogP contribution in [0.4, 0.5) is 37.8 Å². The van der Waals surface area contributed by atoms with Gasteiger partial charge in [-0.05, 0) is 24.1 Å². The summed E-state index contributed by atoms with van der Waals surface area (Å²) in [7, 11) is -0.522. The minimum absolute atomic E-state index is 0.0134. The quantitative estimate of drug-likeness (QED) is 0.0498. The van der Waals surface area contributed by atoms with Crippen LogP contribution in [0.15, 0.2) is 18.3 Å². The van der Waals surface area contributed by atoms with Crippen LogP contribution in [0.3, 0.4) is 0 Å². The van der Waals surface area contributed by atoms with Crippen LogP contribution in [0.25, 0.3) is 11.0 Å². The number of nitrogens with zero attached hydrogens (tertiary/aromatic N) is 5. The molecule has 19 heteroatoms. The minimum Gasteiger partial charge on any atom is -0.473 e. The predicted octanol–water partition coefficient (Wildman–Crippen LogP) is 6.02. The number of hydrogen-bond acceptors (Lipinski definition) is 8. The van der Waals surface area contributed by atoms with Crippen LogP contribution in [-0.2, 0) is 17.6 Å². The van der Waals surface area contributed by atoms with Crippen molar-refractivity contribution in [3.63, 3.8) is 0 Å². The lowest BCUT2D eigenvalue weighted by Gasteiger charge is -2.18. The molecule has 0 aromatic carbocycles. The highest BCUT2D eigenvalue weighted by molar-refractivity contribution is 6.36. The Labute approximate surface area is 228 Å². The molecule has 1 N–H and O–H groups in total. The molecular formula is C20H18Cl2F6N6O4Si. The average molecular weight is 619 g/mol. The molecule has 0 aliphatic rings. The second kappa shape index (κ2) is 12.5. The number of nitrogens with one attached hydrogen (secondary N) is 1. The van der Waals surface area contributed by atoms with Gasteiger partial charge >= 0.3 is 18.0 Å². The van der Waals surface area contributed by atoms with E-state index in [0.717, 1.165) is 10.6 Å². The number of fused-ring (bicyclic) bond motifs is 1. The summed E-state index contributed by atoms with van der Waals surface area (Å²) in [6, 6.07) is 2.33. The fourth-order valence-corrected chi connectivity index (χ4v) is 4.23. The summed E-state index contributed by atoms with van der Waals surface area (Å²) in [5.74, 6) is -0.612. The van der Waals surface area contributed by atoms with Gasteiger partial charge in [0.25, 0.3) is 5.88 Å². The maximum Gasteiger partial charge on any atom is 0.418 e. The summed E-state index contributed by atoms with van der Waals surface area (Å²) in [5, 5.41) is 12.9. The lowest BCUT2D eigenvalue weighted by Crippen LogP contribution is -2.26. The topological polar surface area (TPSA) is 117 Å². The number of aromatic nitrogens is 4. The lowest BCUT2D eigenvalue weighted by atomic mass is 10.2. The average Bonchev–Trinajstić information content (AvgIpc) is 3.19. The summed E-state index contributed by atoms with van der Waals surface area (Å²) >= 11 is 11.6. The van der Waals surface area contributed by atoms with Gasteiger partial charge in [0, 0.05) is 18.8 Å². The third-order valence-corrected chi connectivity index (χ3v) is 6.68. The van der Waals surface area contributed by atoms with E-state index in [1.54, 1.807) is 0 Å². The number of anilines is 1. The third kappa shape index (κ3) is 7.83. The zero-order valence-electron chi connectivity index (χ0n) is 19.7. The Morgan fingerprint density at radius 3 is 2.51 bits per heavy atom. The molecule has 3 rings (SSSR count). The number of hydrogen-bond donors (Lipinski definition) is 1. The molecular weight excluding hydrogens is 601 g/mol. The molecule has 0 aliphatic carbocycles. The van der Waals surface area contributed by atoms with Gasteiger partial charge in [-0.1, -0.05) is 18.1 Å². The summed E-state index contributed by atoms with van der Waals surface area (Å²) in [6.45, 7) is -0.182. The second-order valence-electron chi connectivity index (χ2n) is 7.78. The van der Waals surface area contributed by atoms with Crippen molar-refractivity contribution in [3.05, 3.63) is 44.4 Å². The normalized spacial score (nSPS) is 13.1. The highest BCUT2D eigenvalue weighted by atomic mass is 35.5. The maximum atomic E-state index is 13.8. The first-order valence-corrected chi connectivity index (χ1v) is 13.2. The van der Waals surface area contributed by atoms with E-state index in [9.17, 15) is 36.5 Å². The first kappa shape index (κ1) is 30.6. The highest BCUT2D eigenvalue weighted by Crippen LogP contribution is 2.39. The Kier molecular flexibility index (Phi) is 9.84. The van der Waals surface area contributed by atoms with E-state index in [4.69, 9.17) is 32.7 Å². The lowest BCUT2D eigenvalue weighted by molar-refractivity contribution is -0.386. The number of alkyl halides is 6. The van der Waals surface area contributed by atoms with Crippen molar-refractivity contribution in [1.29, 1.82) is 0 Å². The maximum absolute atomic E-state index is 13.8. The van der Waals surface area contributed by atoms with Crippen LogP contribution in [0, 0.1) is 10.1 Å². The van der Waals surface area contributed by atoms with Crippen molar-refractivity contribution in [2.75, 3.05) is 25.1 Å². The molecule has 3 aromatic rings. The van der Waals surface area contributed by atoms with E-state index in [1.807, 2.05) is 0 Å². The predicted molar refractivity (Wildman–Crippen MR) is 129 cm³/mol. The van der Waals surface area contributed by atoms with Gasteiger partial charge in [-0.25, -0.2) is 4.98 Å². The SMILES string of the molecule is C[Si]C(COCn1cc(C(F)(F)F)c2c(NCCCOc3nc(Cl)ccc3[N+](=O)[O-])nc(Cl)nc21)C(F)(F)F. The van der Waals surface area contributed by atoms with Crippen LogP contribution in [0.2, 0.25) is 22.5 Å². The van der Waals surface area contributed by atoms with Crippen molar-refractivity contribution in [1.82, 2.24) is 19.5 Å². The van der Waals surface area contributed by atoms with Crippen molar-refractivity contribution in [2.45, 2.75) is 37.6 Å². The number of halogens is 8. The van der Waals surface area contributed by atoms with Gasteiger partial charge in [0.05, 0.1) is 44.1 Å². The van der Waals surface area contributed by atoms with Crippen LogP contribution in [-0.4, -0.2) is 59.9 Å². The summed E-state index contributed by atoms with van der Waals surface area (Å²) in [5.41, 5.74) is -3.64. The standard InChI is InChI=1S/C20H18Cl2F6N6O4Si/c1-39-12(20(26,27)28)8-37-9-33-7-10(19(23,24)25)14-15(31-18(22)32-16(14)33)29-5-2-6-38-17-11(34(35)36)3-4-13(21)30-17/h3-4,7,12H,2,5-6,8-9H2,1H3,(H,29,31,32). The van der Waals surface area contributed by atoms with Gasteiger partial charge in [0.15, 0.2) is 0 Å². The van der Waals surface area contributed by atoms with Crippen LogP contribution in [0.1, 0.15) is 12.0 Å². The zero-order chi connectivity index (χ0) is 29.0. The third-order valence-electron chi connectivity index (χ3n) is 5.11. The number of rotatable bonds is 12. The molecule has 0 saturated carbocycles. The number of ether oxygens (including phenoxy) is 2. The Morgan fingerprint density at radius 1 is 1.18 bits per heavy atom. The molecule has 3 heterocycles. The second-order valence-corrected chi connectivity index (χ2v) is 9.78. The van der Waals surface area contributed by atoms with E-state index in [2.05, 4.69) is 20.3 Å². The van der Waals surface area contributed by atoms with E-state index in [-0.39, 0.29) is 42.1 Å². The van der Waals surface area contributed by atoms with Crippen molar-refractivity contribution in [2.24, 2.45) is 0 Å². The van der Waals surface area contributed by atoms with Gasteiger partial charge < -0.3 is 19.4 Å². The van der Waals surface area contributed by atoms with Crippen LogP contribution in [0.5, 0.6) is 5.88 Å². The molecule has 0 spiro atoms. The van der Waals surface area contributed by atoms with Gasteiger partial charge in [0.2, 0.25) is 5.28 Å². The molecule has 10 nitrogen and oxygen atoms in total. The van der Waals surface area contributed by atoms with E-state index >= 15 is 0 Å². The molecule has 1 unspecified atom stereocenters. The monoisotopic (exact) mass is 618 g/mol. The summed E-state index contributed by atoms with van der Waals surface area (Å²) in [4.78, 5) is 21.8. The van der Waals surface area contributed by atoms with Gasteiger partial charge in [-0.15, -0.1) is 0 Å². The van der Waals surface area contributed by atoms with Gasteiger partial charge in [0.1, 0.15) is 23.3 Å². The molecule has 3 aromatic heterocycles. The number of pyridine rings is 1. The molecule has 2 radical (unpaired) electrons. The Morgan fingerprint density at radius 2 is 1.90 bits per heavy atom. The first-order valence-electron chi connectivity index (χ1n) is 10.8. The van der Waals surface area contributed by atoms with Crippen molar-refractivity contribution < 1.29 is 40.7 Å². The van der Waals surface area contributed by atoms with Crippen LogP contribution < -0.4 is 10.1 Å². The summed E-state index contributed by atoms with van der Waals surface area (Å²) < 4.78 is 91.7. The van der Waals surface area contributed by atoms with Crippen molar-refractivity contribution >= 4 is 55.3 Å². The molecule has 0 fully saturated rings. The smallest absolute Gasteiger partial charge is 0.418 e. The van der Waals surface area contributed by atoms with E-state index < -0.39 is 67.6 Å². The van der Waals surface area contributed by atoms with Gasteiger partial charge in [-0.3, -0.25) is 10.1 Å². The first-order chi connectivity index (χ1) is 18.2. The fourth-order valence-electron chi connectivity index (χ4n) is 3.31. The van der Waals surface area contributed by atoms with Gasteiger partial charge in [-0.2, -0.15) is 36.3 Å². The van der Waals surface area contributed by atoms with E-state index in [1.165, 1.54) is 12.6 Å². The van der Waals surface area contributed by atoms with Crippen LogP contribution >= 0.6 is 23.2 Å². The molecule has 0 bridgehead atoms. The Balaban J connectivity index is 1.76. The molecule has 212 valence electrons. The summed E-state index contributed by atoms with van der Waals surface area (Å²) in [6.07, 6.45) is -8.58. The van der Waals surface area contributed by atoms with Crippen molar-refractivity contribution in [3.8, 4) is 5.88 Å². The Bertz CT molecular complexity index is 1330. The highest BCUT2D eigenvalue weighted by Gasteiger charge is 2.39. The molecule has 0 amide bonds. The Hall–Kier alpha value is -2.89. The zero-order valence-corrected chi connectivity index (χ0v) is 22.2. The largest absolute Gasteiger partial charge is 0.473 e. The molecule has 1 atom stereocenters. The fraction of sp³-hybridized carbons (Fsp3) is 0.450. The molecule has 39 heavy (non-hydrogen) atoms. The minimum atomic E-state index is -4.86. The number of nitro groups is 1. The molecule has 0 saturated heterocycles.